The van der Waals surface area contributed by atoms with Crippen LogP contribution in [-0.4, -0.2) is 32.8 Å². The summed E-state index contributed by atoms with van der Waals surface area (Å²) in [5, 5.41) is -0.0545. The van der Waals surface area contributed by atoms with Crippen LogP contribution >= 0.6 is 69.6 Å². The first-order valence-electron chi connectivity index (χ1n) is 7.18. The fourth-order valence-corrected chi connectivity index (χ4v) is 3.17. The van der Waals surface area contributed by atoms with Crippen LogP contribution in [0.4, 0.5) is 0 Å². The molecule has 0 nitrogen and oxygen atoms in total. The highest BCUT2D eigenvalue weighted by atomic mass is 35.5. The van der Waals surface area contributed by atoms with Gasteiger partial charge in [-0.15, -0.1) is 69.6 Å². The molecule has 0 radical (unpaired) electrons. The first-order chi connectivity index (χ1) is 9.42. The van der Waals surface area contributed by atoms with Crippen LogP contribution in [0.15, 0.2) is 0 Å². The molecule has 122 valence electrons. The number of halogens is 6. The molecule has 5 atom stereocenters. The summed E-state index contributed by atoms with van der Waals surface area (Å²) in [6.45, 7) is 2.03. The fourth-order valence-electron chi connectivity index (χ4n) is 1.90. The van der Waals surface area contributed by atoms with Crippen molar-refractivity contribution in [3.63, 3.8) is 0 Å². The Morgan fingerprint density at radius 3 is 1.60 bits per heavy atom. The van der Waals surface area contributed by atoms with Gasteiger partial charge in [-0.1, -0.05) is 19.8 Å². The molecule has 0 rings (SSSR count). The van der Waals surface area contributed by atoms with Gasteiger partial charge in [0.25, 0.3) is 0 Å². The Morgan fingerprint density at radius 1 is 0.650 bits per heavy atom. The molecule has 0 aromatic rings. The predicted octanol–water partition coefficient (Wildman–Crippen LogP) is 7.01. The lowest BCUT2D eigenvalue weighted by molar-refractivity contribution is 0.564. The molecule has 20 heavy (non-hydrogen) atoms. The second kappa shape index (κ2) is 13.2. The summed E-state index contributed by atoms with van der Waals surface area (Å²) < 4.78 is 0. The van der Waals surface area contributed by atoms with Crippen LogP contribution in [0.25, 0.3) is 0 Å². The van der Waals surface area contributed by atoms with Gasteiger partial charge in [0.05, 0.1) is 0 Å². The number of alkyl halides is 6. The topological polar surface area (TPSA) is 0 Å². The molecular formula is C14H24Cl6. The average Bonchev–Trinajstić information content (AvgIpc) is 2.46. The van der Waals surface area contributed by atoms with Gasteiger partial charge in [-0.2, -0.15) is 0 Å². The van der Waals surface area contributed by atoms with E-state index < -0.39 is 0 Å². The van der Waals surface area contributed by atoms with Crippen molar-refractivity contribution in [1.29, 1.82) is 0 Å². The minimum atomic E-state index is -0.0570. The minimum Gasteiger partial charge on any atom is -0.125 e. The average molecular weight is 405 g/mol. The first kappa shape index (κ1) is 21.7. The van der Waals surface area contributed by atoms with E-state index in [1.54, 1.807) is 0 Å². The van der Waals surface area contributed by atoms with E-state index >= 15 is 0 Å². The van der Waals surface area contributed by atoms with Crippen molar-refractivity contribution in [2.45, 2.75) is 78.8 Å². The maximum Gasteiger partial charge on any atom is 0.0500 e. The van der Waals surface area contributed by atoms with E-state index in [0.717, 1.165) is 44.9 Å². The van der Waals surface area contributed by atoms with Crippen molar-refractivity contribution in [1.82, 2.24) is 0 Å². The summed E-state index contributed by atoms with van der Waals surface area (Å²) in [4.78, 5) is 0. The molecule has 0 aromatic carbocycles. The van der Waals surface area contributed by atoms with Crippen molar-refractivity contribution in [2.75, 3.05) is 5.88 Å². The van der Waals surface area contributed by atoms with Crippen LogP contribution in [-0.2, 0) is 0 Å². The van der Waals surface area contributed by atoms with Gasteiger partial charge in [-0.25, -0.2) is 0 Å². The molecule has 0 amide bonds. The van der Waals surface area contributed by atoms with Crippen molar-refractivity contribution < 1.29 is 0 Å². The smallest absolute Gasteiger partial charge is 0.0500 e. The maximum absolute atomic E-state index is 6.31. The van der Waals surface area contributed by atoms with E-state index in [0.29, 0.717) is 5.88 Å². The molecule has 0 aliphatic carbocycles. The highest BCUT2D eigenvalue weighted by molar-refractivity contribution is 6.31. The largest absolute Gasteiger partial charge is 0.125 e. The van der Waals surface area contributed by atoms with E-state index in [2.05, 4.69) is 0 Å². The van der Waals surface area contributed by atoms with Gasteiger partial charge in [0.15, 0.2) is 0 Å². The molecule has 6 heteroatoms. The fraction of sp³-hybridized carbons (Fsp3) is 1.00. The van der Waals surface area contributed by atoms with Gasteiger partial charge in [-0.05, 0) is 32.1 Å². The number of unbranched alkanes of at least 4 members (excludes halogenated alkanes) is 1. The van der Waals surface area contributed by atoms with Gasteiger partial charge >= 0.3 is 0 Å². The molecule has 0 heterocycles. The maximum atomic E-state index is 6.31. The Morgan fingerprint density at radius 2 is 1.10 bits per heavy atom. The zero-order valence-corrected chi connectivity index (χ0v) is 16.3. The molecular weight excluding hydrogens is 381 g/mol. The Kier molecular flexibility index (Phi) is 14.4. The quantitative estimate of drug-likeness (QED) is 0.242. The summed E-state index contributed by atoms with van der Waals surface area (Å²) in [6, 6.07) is 0. The van der Waals surface area contributed by atoms with Gasteiger partial charge < -0.3 is 0 Å². The predicted molar refractivity (Wildman–Crippen MR) is 96.9 cm³/mol. The van der Waals surface area contributed by atoms with Gasteiger partial charge in [0, 0.05) is 32.8 Å². The van der Waals surface area contributed by atoms with E-state index in [1.165, 1.54) is 0 Å². The van der Waals surface area contributed by atoms with E-state index in [1.807, 2.05) is 6.92 Å². The molecule has 0 aliphatic rings. The lowest BCUT2D eigenvalue weighted by Crippen LogP contribution is -2.20. The van der Waals surface area contributed by atoms with Crippen molar-refractivity contribution in [3.05, 3.63) is 0 Å². The highest BCUT2D eigenvalue weighted by Gasteiger charge is 2.20. The van der Waals surface area contributed by atoms with Crippen molar-refractivity contribution in [2.24, 2.45) is 0 Å². The standard InChI is InChI=1S/C14H24Cl6/c1-2-11(17)13(19)7-8-14(20)12(18)6-4-3-5-10(16)9-15/h10-14H,2-9H2,1H3. The van der Waals surface area contributed by atoms with E-state index in [4.69, 9.17) is 69.6 Å². The van der Waals surface area contributed by atoms with Crippen LogP contribution < -0.4 is 0 Å². The Labute approximate surface area is 153 Å². The lowest BCUT2D eigenvalue weighted by Gasteiger charge is -2.19. The van der Waals surface area contributed by atoms with Gasteiger partial charge in [-0.3, -0.25) is 0 Å². The van der Waals surface area contributed by atoms with Gasteiger partial charge in [0.2, 0.25) is 0 Å². The second-order valence-corrected chi connectivity index (χ2v) is 8.25. The third-order valence-electron chi connectivity index (χ3n) is 3.31. The van der Waals surface area contributed by atoms with Crippen LogP contribution in [0.2, 0.25) is 0 Å². The molecule has 0 saturated carbocycles. The Bertz CT molecular complexity index is 226. The first-order valence-corrected chi connectivity index (χ1v) is 9.90. The summed E-state index contributed by atoms with van der Waals surface area (Å²) in [5.41, 5.74) is 0. The normalized spacial score (nSPS) is 19.4. The molecule has 0 N–H and O–H groups in total. The summed E-state index contributed by atoms with van der Waals surface area (Å²) in [5.74, 6) is 0.498. The van der Waals surface area contributed by atoms with Crippen LogP contribution in [0.5, 0.6) is 0 Å². The minimum absolute atomic E-state index is 0.00511. The number of hydrogen-bond donors (Lipinski definition) is 0. The number of hydrogen-bond acceptors (Lipinski definition) is 0. The monoisotopic (exact) mass is 402 g/mol. The SMILES string of the molecule is CCC(Cl)C(Cl)CCC(Cl)C(Cl)CCCCC(Cl)CCl. The highest BCUT2D eigenvalue weighted by Crippen LogP contribution is 2.26. The third-order valence-corrected chi connectivity index (χ3v) is 6.65. The summed E-state index contributed by atoms with van der Waals surface area (Å²) >= 11 is 36.5. The molecule has 5 unspecified atom stereocenters. The Balaban J connectivity index is 3.73. The van der Waals surface area contributed by atoms with Crippen LogP contribution in [0.1, 0.15) is 51.9 Å². The molecule has 0 fully saturated rings. The zero-order chi connectivity index (χ0) is 15.5. The van der Waals surface area contributed by atoms with E-state index in [-0.39, 0.29) is 26.9 Å². The Hall–Kier alpha value is 1.74. The second-order valence-electron chi connectivity index (χ2n) is 5.09. The third kappa shape index (κ3) is 10.5. The van der Waals surface area contributed by atoms with Gasteiger partial charge in [0.1, 0.15) is 0 Å². The van der Waals surface area contributed by atoms with Crippen LogP contribution in [0.3, 0.4) is 0 Å². The van der Waals surface area contributed by atoms with Crippen LogP contribution in [0, 0.1) is 0 Å². The summed E-state index contributed by atoms with van der Waals surface area (Å²) in [7, 11) is 0. The number of rotatable bonds is 12. The molecule has 0 aliphatic heterocycles. The summed E-state index contributed by atoms with van der Waals surface area (Å²) in [6.07, 6.45) is 6.35. The molecule has 0 aromatic heterocycles. The zero-order valence-electron chi connectivity index (χ0n) is 11.8. The van der Waals surface area contributed by atoms with E-state index in [9.17, 15) is 0 Å². The van der Waals surface area contributed by atoms with Crippen molar-refractivity contribution >= 4 is 69.6 Å². The molecule has 0 bridgehead atoms. The van der Waals surface area contributed by atoms with Crippen molar-refractivity contribution in [3.8, 4) is 0 Å². The molecule has 0 saturated heterocycles. The molecule has 0 spiro atoms. The lowest BCUT2D eigenvalue weighted by atomic mass is 10.0.